The van der Waals surface area contributed by atoms with Gasteiger partial charge in [-0.15, -0.1) is 0 Å². The van der Waals surface area contributed by atoms with Gasteiger partial charge in [0.2, 0.25) is 0 Å². The Morgan fingerprint density at radius 2 is 1.92 bits per heavy atom. The second-order valence-corrected chi connectivity index (χ2v) is 10.3. The van der Waals surface area contributed by atoms with E-state index in [1.165, 1.54) is 12.1 Å². The van der Waals surface area contributed by atoms with Crippen LogP contribution in [0, 0.1) is 29.5 Å². The summed E-state index contributed by atoms with van der Waals surface area (Å²) in [5.41, 5.74) is 7.70. The molecule has 1 aliphatic rings. The van der Waals surface area contributed by atoms with Crippen LogP contribution in [0.5, 0.6) is 0 Å². The molecule has 7 nitrogen and oxygen atoms in total. The highest BCUT2D eigenvalue weighted by atomic mass is 19.1. The SMILES string of the molecule is C/C1=C\CC[C@H](C)[C@@H](OC(N)=O)/C(C)=C/[C@H](C)[C@@H](O)[C@@H](CO)C[C@H](C)Cc2cc(F)cc(c2)NC1=O. The van der Waals surface area contributed by atoms with Crippen molar-refractivity contribution in [2.24, 2.45) is 29.4 Å². The number of nitrogens with one attached hydrogen (secondary N) is 1. The number of primary amides is 1. The Balaban J connectivity index is 2.43. The van der Waals surface area contributed by atoms with Crippen molar-refractivity contribution >= 4 is 17.7 Å². The summed E-state index contributed by atoms with van der Waals surface area (Å²) in [6.07, 6.45) is 3.60. The number of aliphatic hydroxyl groups excluding tert-OH is 2. The third kappa shape index (κ3) is 8.75. The highest BCUT2D eigenvalue weighted by Gasteiger charge is 2.28. The van der Waals surface area contributed by atoms with Crippen LogP contribution in [0.3, 0.4) is 0 Å². The Labute approximate surface area is 213 Å². The first-order valence-corrected chi connectivity index (χ1v) is 12.6. The van der Waals surface area contributed by atoms with Gasteiger partial charge >= 0.3 is 6.09 Å². The summed E-state index contributed by atoms with van der Waals surface area (Å²) in [6.45, 7) is 9.12. The van der Waals surface area contributed by atoms with Crippen molar-refractivity contribution in [2.45, 2.75) is 72.5 Å². The highest BCUT2D eigenvalue weighted by Crippen LogP contribution is 2.28. The minimum atomic E-state index is -0.881. The largest absolute Gasteiger partial charge is 0.442 e. The minimum absolute atomic E-state index is 0.0362. The van der Waals surface area contributed by atoms with E-state index in [4.69, 9.17) is 10.5 Å². The third-order valence-electron chi connectivity index (χ3n) is 6.93. The summed E-state index contributed by atoms with van der Waals surface area (Å²) in [4.78, 5) is 24.3. The van der Waals surface area contributed by atoms with E-state index < -0.39 is 30.0 Å². The molecule has 0 saturated carbocycles. The molecule has 1 aromatic carbocycles. The number of carbonyl (C=O) groups excluding carboxylic acids is 2. The molecule has 0 aromatic heterocycles. The van der Waals surface area contributed by atoms with E-state index in [2.05, 4.69) is 5.32 Å². The molecule has 5 N–H and O–H groups in total. The lowest BCUT2D eigenvalue weighted by Crippen LogP contribution is -2.33. The Morgan fingerprint density at radius 1 is 1.22 bits per heavy atom. The molecule has 1 aromatic rings. The summed E-state index contributed by atoms with van der Waals surface area (Å²) in [7, 11) is 0. The van der Waals surface area contributed by atoms with E-state index >= 15 is 0 Å². The summed E-state index contributed by atoms with van der Waals surface area (Å²) in [6, 6.07) is 4.48. The fourth-order valence-electron chi connectivity index (χ4n) is 5.02. The van der Waals surface area contributed by atoms with Crippen molar-refractivity contribution in [3.63, 3.8) is 0 Å². The number of ether oxygens (including phenoxy) is 1. The van der Waals surface area contributed by atoms with Crippen LogP contribution >= 0.6 is 0 Å². The van der Waals surface area contributed by atoms with Gasteiger partial charge in [0.05, 0.1) is 6.10 Å². The van der Waals surface area contributed by atoms with E-state index in [0.29, 0.717) is 36.9 Å². The molecule has 0 saturated heterocycles. The molecule has 0 radical (unpaired) electrons. The van der Waals surface area contributed by atoms with Crippen LogP contribution in [0.25, 0.3) is 0 Å². The van der Waals surface area contributed by atoms with E-state index in [-0.39, 0.29) is 30.3 Å². The second-order valence-electron chi connectivity index (χ2n) is 10.3. The number of halogens is 1. The maximum absolute atomic E-state index is 14.3. The predicted molar refractivity (Wildman–Crippen MR) is 139 cm³/mol. The highest BCUT2D eigenvalue weighted by molar-refractivity contribution is 6.03. The van der Waals surface area contributed by atoms with Gasteiger partial charge in [-0.1, -0.05) is 32.9 Å². The smallest absolute Gasteiger partial charge is 0.405 e. The van der Waals surface area contributed by atoms with Crippen LogP contribution in [0.4, 0.5) is 14.9 Å². The van der Waals surface area contributed by atoms with Gasteiger partial charge in [0, 0.05) is 29.7 Å². The number of aliphatic hydroxyl groups is 2. The first kappa shape index (κ1) is 29.5. The Morgan fingerprint density at radius 3 is 2.56 bits per heavy atom. The molecule has 8 heteroatoms. The van der Waals surface area contributed by atoms with Gasteiger partial charge in [-0.2, -0.15) is 0 Å². The van der Waals surface area contributed by atoms with E-state index in [9.17, 15) is 24.2 Å². The van der Waals surface area contributed by atoms with Gasteiger partial charge in [-0.05, 0) is 80.7 Å². The summed E-state index contributed by atoms with van der Waals surface area (Å²) in [5, 5.41) is 23.8. The molecule has 1 aliphatic heterocycles. The van der Waals surface area contributed by atoms with Crippen molar-refractivity contribution in [2.75, 3.05) is 11.9 Å². The van der Waals surface area contributed by atoms with Gasteiger partial charge in [-0.3, -0.25) is 4.79 Å². The molecule has 0 spiro atoms. The molecule has 2 rings (SSSR count). The number of anilines is 1. The first-order valence-electron chi connectivity index (χ1n) is 12.6. The van der Waals surface area contributed by atoms with Crippen LogP contribution in [-0.4, -0.2) is 41.0 Å². The fourth-order valence-corrected chi connectivity index (χ4v) is 5.02. The maximum Gasteiger partial charge on any atom is 0.405 e. The van der Waals surface area contributed by atoms with Crippen LogP contribution in [-0.2, 0) is 16.0 Å². The maximum atomic E-state index is 14.3. The van der Waals surface area contributed by atoms with E-state index in [0.717, 1.165) is 11.1 Å². The van der Waals surface area contributed by atoms with E-state index in [1.54, 1.807) is 19.1 Å². The summed E-state index contributed by atoms with van der Waals surface area (Å²) >= 11 is 0. The van der Waals surface area contributed by atoms with Gasteiger partial charge in [0.1, 0.15) is 11.9 Å². The van der Waals surface area contributed by atoms with Crippen molar-refractivity contribution < 1.29 is 28.9 Å². The molecule has 0 fully saturated rings. The molecule has 200 valence electrons. The van der Waals surface area contributed by atoms with Crippen molar-refractivity contribution in [1.82, 2.24) is 0 Å². The van der Waals surface area contributed by atoms with Gasteiger partial charge in [-0.25, -0.2) is 9.18 Å². The first-order chi connectivity index (χ1) is 16.9. The minimum Gasteiger partial charge on any atom is -0.442 e. The molecular weight excluding hydrogens is 463 g/mol. The van der Waals surface area contributed by atoms with Crippen LogP contribution in [0.1, 0.15) is 59.4 Å². The number of rotatable bonds is 2. The molecule has 6 atom stereocenters. The number of benzene rings is 1. The Kier molecular flexibility index (Phi) is 11.1. The number of carbonyl (C=O) groups is 2. The average molecular weight is 505 g/mol. The molecule has 0 unspecified atom stereocenters. The Bertz CT molecular complexity index is 977. The molecular formula is C28H41FN2O5. The zero-order valence-corrected chi connectivity index (χ0v) is 22.0. The predicted octanol–water partition coefficient (Wildman–Crippen LogP) is 4.72. The Hall–Kier alpha value is -2.71. The molecule has 2 bridgehead atoms. The normalized spacial score (nSPS) is 31.9. The quantitative estimate of drug-likeness (QED) is 0.434. The lowest BCUT2D eigenvalue weighted by molar-refractivity contribution is -0.112. The average Bonchev–Trinajstić information content (AvgIpc) is 2.78. The van der Waals surface area contributed by atoms with Crippen molar-refractivity contribution in [3.05, 3.63) is 52.9 Å². The zero-order chi connectivity index (χ0) is 27.0. The van der Waals surface area contributed by atoms with E-state index in [1.807, 2.05) is 33.8 Å². The number of fused-ring (bicyclic) bond motifs is 2. The van der Waals surface area contributed by atoms with Gasteiger partial charge in [0.15, 0.2) is 0 Å². The number of hydrogen-bond donors (Lipinski definition) is 4. The second kappa shape index (κ2) is 13.6. The lowest BCUT2D eigenvalue weighted by Gasteiger charge is -2.29. The van der Waals surface area contributed by atoms with Gasteiger partial charge < -0.3 is 26.0 Å². The lowest BCUT2D eigenvalue weighted by atomic mass is 9.82. The fraction of sp³-hybridized carbons (Fsp3) is 0.571. The number of hydrogen-bond acceptors (Lipinski definition) is 5. The number of nitrogens with two attached hydrogens (primary N) is 1. The number of allylic oxidation sites excluding steroid dienone is 1. The topological polar surface area (TPSA) is 122 Å². The van der Waals surface area contributed by atoms with Crippen LogP contribution in [0.15, 0.2) is 41.5 Å². The summed E-state index contributed by atoms with van der Waals surface area (Å²) < 4.78 is 19.7. The molecule has 36 heavy (non-hydrogen) atoms. The van der Waals surface area contributed by atoms with Gasteiger partial charge in [0.25, 0.3) is 5.91 Å². The molecule has 1 heterocycles. The number of amides is 2. The standard InChI is InChI=1S/C28H41FN2O5/c1-16-9-21-12-23(29)14-24(13-21)31-27(34)18(3)8-6-7-17(2)26(36-28(30)35)20(5)11-19(4)25(33)22(10-16)15-32/h8,11-14,16-17,19,22,25-26,32-33H,6-7,9-10,15H2,1-5H3,(H2,30,35)(H,31,34)/b18-8+,20-11+/t16-,17+,19+,22-,25-,26-/m1/s1. The molecule has 0 aliphatic carbocycles. The van der Waals surface area contributed by atoms with Crippen molar-refractivity contribution in [3.8, 4) is 0 Å². The monoisotopic (exact) mass is 504 g/mol. The van der Waals surface area contributed by atoms with Crippen molar-refractivity contribution in [1.29, 1.82) is 0 Å². The summed E-state index contributed by atoms with van der Waals surface area (Å²) in [5.74, 6) is -1.53. The van der Waals surface area contributed by atoms with Crippen LogP contribution < -0.4 is 11.1 Å². The van der Waals surface area contributed by atoms with Crippen LogP contribution in [0.2, 0.25) is 0 Å². The zero-order valence-electron chi connectivity index (χ0n) is 22.0. The molecule has 2 amide bonds. The third-order valence-corrected chi connectivity index (χ3v) is 6.93.